The number of hydrogen-bond donors (Lipinski definition) is 0. The maximum atomic E-state index is 2.00. The molecule has 0 atom stereocenters. The van der Waals surface area contributed by atoms with Gasteiger partial charge in [0, 0.05) is 0 Å². The molecule has 0 rings (SSSR count). The second kappa shape index (κ2) is 137. The van der Waals surface area contributed by atoms with Gasteiger partial charge in [-0.15, -0.1) is 37.2 Å². The van der Waals surface area contributed by atoms with Gasteiger partial charge in [0.25, 0.3) is 0 Å². The van der Waals surface area contributed by atoms with Crippen molar-refractivity contribution in [2.45, 2.75) is 0 Å². The Morgan fingerprint density at radius 2 is 0.667 bits per heavy atom. The highest BCUT2D eigenvalue weighted by Gasteiger charge is 1.06. The van der Waals surface area contributed by atoms with Gasteiger partial charge in [0.2, 0.25) is 0 Å². The highest BCUT2D eigenvalue weighted by atomic mass is 35.5. The summed E-state index contributed by atoms with van der Waals surface area (Å²) < 4.78 is 0. The normalized spacial score (nSPS) is 0.667. The predicted octanol–water partition coefficient (Wildman–Crippen LogP) is -1.75. The molecule has 0 fully saturated rings. The first-order valence-electron chi connectivity index (χ1n) is 1.00. The largest absolute Gasteiger partial charge is 0.147 e. The van der Waals surface area contributed by atoms with Crippen LogP contribution in [0.2, 0.25) is 0 Å². The van der Waals surface area contributed by atoms with Crippen LogP contribution >= 0.6 is 37.2 Å². The van der Waals surface area contributed by atoms with Crippen molar-refractivity contribution in [1.29, 1.82) is 0 Å². The van der Waals surface area contributed by atoms with Gasteiger partial charge in [0.1, 0.15) is 0 Å². The van der Waals surface area contributed by atoms with Crippen LogP contribution < -0.4 is 0 Å². The molecule has 0 aliphatic carbocycles. The van der Waals surface area contributed by atoms with E-state index in [0.717, 1.165) is 0 Å². The molecule has 0 radical (unpaired) electrons. The first-order valence-corrected chi connectivity index (χ1v) is 1.00. The Bertz CT molecular complexity index is 6.00. The molecule has 6 heteroatoms. The average molecular weight is 149 g/mol. The van der Waals surface area contributed by atoms with Gasteiger partial charge in [0.15, 0.2) is 0 Å². The quantitative estimate of drug-likeness (QED) is 0.358. The van der Waals surface area contributed by atoms with Gasteiger partial charge in [-0.3, -0.25) is 0 Å². The predicted molar refractivity (Wildman–Crippen MR) is 48.8 cm³/mol. The van der Waals surface area contributed by atoms with Crippen LogP contribution in [0.5, 0.6) is 0 Å². The Kier molecular flexibility index (Phi) is 1390. The van der Waals surface area contributed by atoms with E-state index in [1.807, 2.05) is 15.5 Å². The van der Waals surface area contributed by atoms with Crippen molar-refractivity contribution in [3.8, 4) is 0 Å². The summed E-state index contributed by atoms with van der Waals surface area (Å²) in [5.41, 5.74) is 0. The summed E-state index contributed by atoms with van der Waals surface area (Å²) in [4.78, 5) is 0. The summed E-state index contributed by atoms with van der Waals surface area (Å²) in [6, 6.07) is 0. The van der Waals surface area contributed by atoms with Crippen molar-refractivity contribution in [3.05, 3.63) is 0 Å². The van der Waals surface area contributed by atoms with Crippen molar-refractivity contribution in [2.24, 2.45) is 0 Å². The molecule has 0 heterocycles. The lowest BCUT2D eigenvalue weighted by atomic mass is 9.81. The molecule has 0 aliphatic heterocycles. The van der Waals surface area contributed by atoms with E-state index in [4.69, 9.17) is 0 Å². The zero-order chi connectivity index (χ0) is 2.00. The molecule has 0 aromatic carbocycles. The second-order valence-electron chi connectivity index (χ2n) is 0. The number of hydrogen-bond acceptors (Lipinski definition) is 0. The molecule has 6 heavy (non-hydrogen) atoms. The van der Waals surface area contributed by atoms with Crippen LogP contribution in [-0.2, 0) is 0 Å². The molecule has 0 aromatic heterocycles. The maximum Gasteiger partial charge on any atom is 0.0814 e. The van der Waals surface area contributed by atoms with Crippen molar-refractivity contribution >= 4 is 61.1 Å². The van der Waals surface area contributed by atoms with Crippen LogP contribution in [0.25, 0.3) is 0 Å². The maximum absolute atomic E-state index is 2.00. The van der Waals surface area contributed by atoms with E-state index in [2.05, 4.69) is 0 Å². The van der Waals surface area contributed by atoms with Crippen LogP contribution in [0.4, 0.5) is 0 Å². The van der Waals surface area contributed by atoms with E-state index in [1.54, 1.807) is 0 Å². The SMILES string of the molecule is B.BB.Cl.Cl.Cl. The summed E-state index contributed by atoms with van der Waals surface area (Å²) in [7, 11) is 4.00. The molecule has 0 spiro atoms. The molecule has 0 aliphatic rings. The van der Waals surface area contributed by atoms with E-state index >= 15 is 0 Å². The molecule has 40 valence electrons. The minimum atomic E-state index is 0. The van der Waals surface area contributed by atoms with Crippen LogP contribution in [-0.4, -0.2) is 23.9 Å². The molecule has 0 unspecified atom stereocenters. The molecule has 0 amide bonds. The molecular weight excluding hydrogens is 139 g/mol. The molecule has 0 bridgehead atoms. The topological polar surface area (TPSA) is 0 Å². The average Bonchev–Trinajstić information content (AvgIpc) is 1.00. The monoisotopic (exact) mass is 148 g/mol. The van der Waals surface area contributed by atoms with E-state index in [1.165, 1.54) is 0 Å². The van der Waals surface area contributed by atoms with E-state index in [9.17, 15) is 0 Å². The third-order valence-electron chi connectivity index (χ3n) is 0. The Morgan fingerprint density at radius 1 is 0.667 bits per heavy atom. The summed E-state index contributed by atoms with van der Waals surface area (Å²) in [5.74, 6) is 0. The van der Waals surface area contributed by atoms with Gasteiger partial charge in [-0.05, 0) is 0 Å². The number of rotatable bonds is 0. The van der Waals surface area contributed by atoms with Crippen molar-refractivity contribution in [2.75, 3.05) is 0 Å². The zero-order valence-corrected chi connectivity index (χ0v) is 5.67. The summed E-state index contributed by atoms with van der Waals surface area (Å²) in [6.07, 6.45) is 0. The van der Waals surface area contributed by atoms with Gasteiger partial charge in [-0.25, -0.2) is 0 Å². The van der Waals surface area contributed by atoms with Crippen LogP contribution in [0.1, 0.15) is 0 Å². The number of halogens is 3. The van der Waals surface area contributed by atoms with Crippen LogP contribution in [0.3, 0.4) is 0 Å². The fraction of sp³-hybridized carbons (Fsp3) is 0. The Labute approximate surface area is 61.4 Å². The first kappa shape index (κ1) is 61.0. The van der Waals surface area contributed by atoms with Crippen LogP contribution in [0, 0.1) is 0 Å². The lowest BCUT2D eigenvalue weighted by molar-refractivity contribution is 4.75. The minimum Gasteiger partial charge on any atom is -0.147 e. The molecule has 0 saturated heterocycles. The van der Waals surface area contributed by atoms with Gasteiger partial charge >= 0.3 is 0 Å². The van der Waals surface area contributed by atoms with E-state index in [-0.39, 0.29) is 45.6 Å². The van der Waals surface area contributed by atoms with Crippen molar-refractivity contribution in [1.82, 2.24) is 0 Å². The molecular formula is H10B3Cl3. The third-order valence-corrected chi connectivity index (χ3v) is 0. The second-order valence-corrected chi connectivity index (χ2v) is 0. The fourth-order valence-electron chi connectivity index (χ4n) is 0. The molecule has 0 aromatic rings. The minimum absolute atomic E-state index is 0. The zero-order valence-electron chi connectivity index (χ0n) is 3.22. The molecule has 0 N–H and O–H groups in total. The van der Waals surface area contributed by atoms with E-state index in [0.29, 0.717) is 0 Å². The fourth-order valence-corrected chi connectivity index (χ4v) is 0. The third kappa shape index (κ3) is 73.8. The van der Waals surface area contributed by atoms with E-state index < -0.39 is 0 Å². The Hall–Kier alpha value is 1.06. The first-order chi connectivity index (χ1) is 1.00. The lowest BCUT2D eigenvalue weighted by Gasteiger charge is -0.936. The summed E-state index contributed by atoms with van der Waals surface area (Å²) >= 11 is 0. The lowest BCUT2D eigenvalue weighted by Crippen LogP contribution is -1.38. The Morgan fingerprint density at radius 3 is 0.667 bits per heavy atom. The summed E-state index contributed by atoms with van der Waals surface area (Å²) in [6.45, 7) is 0. The smallest absolute Gasteiger partial charge is 0.0814 e. The highest BCUT2D eigenvalue weighted by molar-refractivity contribution is 6.75. The summed E-state index contributed by atoms with van der Waals surface area (Å²) in [5, 5.41) is 0. The van der Waals surface area contributed by atoms with Crippen molar-refractivity contribution < 1.29 is 0 Å². The molecule has 0 nitrogen and oxygen atoms in total. The standard InChI is InChI=1S/B2H4.BH3.3ClH/c1-2;;;;/h1-2H2;1H3;3*1H. The van der Waals surface area contributed by atoms with Crippen LogP contribution in [0.15, 0.2) is 0 Å². The van der Waals surface area contributed by atoms with Gasteiger partial charge in [0.05, 0.1) is 23.9 Å². The van der Waals surface area contributed by atoms with Gasteiger partial charge < -0.3 is 0 Å². The molecule has 0 saturated carbocycles. The van der Waals surface area contributed by atoms with Crippen molar-refractivity contribution in [3.63, 3.8) is 0 Å². The highest BCUT2D eigenvalue weighted by Crippen LogP contribution is 0.692. The van der Waals surface area contributed by atoms with Gasteiger partial charge in [-0.2, -0.15) is 0 Å². The Balaban J connectivity index is -0.000000000833. The van der Waals surface area contributed by atoms with Gasteiger partial charge in [-0.1, -0.05) is 0 Å².